The Labute approximate surface area is 182 Å². The zero-order valence-corrected chi connectivity index (χ0v) is 18.7. The lowest BCUT2D eigenvalue weighted by Gasteiger charge is -2.24. The average molecular weight is 430 g/mol. The number of hydrogen-bond donors (Lipinski definition) is 1. The Morgan fingerprint density at radius 2 is 2.00 bits per heavy atom. The number of rotatable bonds is 5. The molecule has 0 bridgehead atoms. The third-order valence-corrected chi connectivity index (χ3v) is 6.16. The molecule has 4 rings (SSSR count). The highest BCUT2D eigenvalue weighted by Gasteiger charge is 2.32. The summed E-state index contributed by atoms with van der Waals surface area (Å²) < 4.78 is 13.0. The van der Waals surface area contributed by atoms with Gasteiger partial charge >= 0.3 is 0 Å². The number of aryl methyl sites for hydroxylation is 2. The fourth-order valence-electron chi connectivity index (χ4n) is 4.33. The van der Waals surface area contributed by atoms with Crippen LogP contribution in [0.4, 0.5) is 0 Å². The number of aromatic nitrogens is 3. The summed E-state index contributed by atoms with van der Waals surface area (Å²) >= 11 is 0. The molecule has 0 aliphatic carbocycles. The monoisotopic (exact) mass is 429 g/mol. The number of ether oxygens (including phenoxy) is 1. The van der Waals surface area contributed by atoms with Crippen molar-refractivity contribution in [2.75, 3.05) is 26.3 Å². The van der Waals surface area contributed by atoms with E-state index in [0.29, 0.717) is 50.6 Å². The van der Waals surface area contributed by atoms with Gasteiger partial charge in [0, 0.05) is 32.7 Å². The van der Waals surface area contributed by atoms with Gasteiger partial charge < -0.3 is 23.9 Å². The molecule has 1 saturated heterocycles. The van der Waals surface area contributed by atoms with Crippen LogP contribution in [-0.2, 0) is 22.5 Å². The van der Waals surface area contributed by atoms with Crippen LogP contribution >= 0.6 is 0 Å². The molecular weight excluding hydrogens is 398 g/mol. The van der Waals surface area contributed by atoms with Gasteiger partial charge in [-0.2, -0.15) is 0 Å². The number of nitrogens with zero attached hydrogens (tertiary/aromatic N) is 4. The van der Waals surface area contributed by atoms with E-state index in [9.17, 15) is 9.59 Å². The molecule has 2 aromatic heterocycles. The van der Waals surface area contributed by atoms with Gasteiger partial charge in [-0.1, -0.05) is 13.8 Å². The van der Waals surface area contributed by atoms with Crippen molar-refractivity contribution >= 4 is 11.8 Å². The number of carbonyl (C=O) groups is 2. The normalized spacial score (nSPS) is 19.9. The van der Waals surface area contributed by atoms with E-state index < -0.39 is 0 Å². The Bertz CT molecular complexity index is 957. The Hall–Kier alpha value is -2.68. The number of furan rings is 1. The van der Waals surface area contributed by atoms with Crippen molar-refractivity contribution in [2.24, 2.45) is 11.8 Å². The first-order valence-electron chi connectivity index (χ1n) is 11.0. The third-order valence-electron chi connectivity index (χ3n) is 6.16. The first-order valence-corrected chi connectivity index (χ1v) is 11.0. The minimum absolute atomic E-state index is 0.00443. The van der Waals surface area contributed by atoms with Crippen LogP contribution in [0.5, 0.6) is 0 Å². The van der Waals surface area contributed by atoms with Crippen molar-refractivity contribution in [1.29, 1.82) is 0 Å². The van der Waals surface area contributed by atoms with E-state index in [1.54, 1.807) is 6.07 Å². The zero-order chi connectivity index (χ0) is 22.1. The van der Waals surface area contributed by atoms with E-state index in [1.165, 1.54) is 0 Å². The van der Waals surface area contributed by atoms with Crippen molar-refractivity contribution in [3.8, 4) is 0 Å². The standard InChI is InChI=1S/C22H31N5O4/c1-13(2)19(23-21(28)16-6-10-30-12-16)20-25-24-18-5-7-26(8-9-27(18)20)22(29)17-11-14(3)31-15(17)4/h11,13,16,19H,5-10,12H2,1-4H3,(H,23,28). The highest BCUT2D eigenvalue weighted by Crippen LogP contribution is 2.25. The molecular formula is C22H31N5O4. The fraction of sp³-hybridized carbons (Fsp3) is 0.636. The maximum atomic E-state index is 13.0. The van der Waals surface area contributed by atoms with Crippen molar-refractivity contribution in [3.63, 3.8) is 0 Å². The number of carbonyl (C=O) groups excluding carboxylic acids is 2. The van der Waals surface area contributed by atoms with Gasteiger partial charge in [0.2, 0.25) is 5.91 Å². The maximum absolute atomic E-state index is 13.0. The van der Waals surface area contributed by atoms with Gasteiger partial charge in [0.25, 0.3) is 5.91 Å². The van der Waals surface area contributed by atoms with E-state index in [0.717, 1.165) is 23.8 Å². The van der Waals surface area contributed by atoms with E-state index in [1.807, 2.05) is 18.7 Å². The fourth-order valence-corrected chi connectivity index (χ4v) is 4.33. The molecule has 31 heavy (non-hydrogen) atoms. The number of amides is 2. The van der Waals surface area contributed by atoms with E-state index in [-0.39, 0.29) is 29.7 Å². The second kappa shape index (κ2) is 8.82. The first kappa shape index (κ1) is 21.5. The summed E-state index contributed by atoms with van der Waals surface area (Å²) in [5, 5.41) is 12.0. The van der Waals surface area contributed by atoms with Crippen LogP contribution in [0.2, 0.25) is 0 Å². The van der Waals surface area contributed by atoms with Crippen molar-refractivity contribution in [1.82, 2.24) is 25.0 Å². The summed E-state index contributed by atoms with van der Waals surface area (Å²) in [5.41, 5.74) is 0.612. The SMILES string of the molecule is Cc1cc(C(=O)N2CCc3nnc(C(NC(=O)C4CCOC4)C(C)C)n3CC2)c(C)o1. The quantitative estimate of drug-likeness (QED) is 0.780. The van der Waals surface area contributed by atoms with Crippen LogP contribution in [0.25, 0.3) is 0 Å². The summed E-state index contributed by atoms with van der Waals surface area (Å²) in [6, 6.07) is 1.56. The smallest absolute Gasteiger partial charge is 0.257 e. The van der Waals surface area contributed by atoms with Gasteiger partial charge in [-0.15, -0.1) is 10.2 Å². The molecule has 2 aromatic rings. The van der Waals surface area contributed by atoms with Gasteiger partial charge in [0.15, 0.2) is 5.82 Å². The lowest BCUT2D eigenvalue weighted by molar-refractivity contribution is -0.126. The topological polar surface area (TPSA) is 102 Å². The third kappa shape index (κ3) is 4.37. The molecule has 0 aromatic carbocycles. The van der Waals surface area contributed by atoms with Crippen molar-refractivity contribution in [3.05, 3.63) is 34.8 Å². The Morgan fingerprint density at radius 3 is 2.65 bits per heavy atom. The lowest BCUT2D eigenvalue weighted by Crippen LogP contribution is -2.38. The summed E-state index contributed by atoms with van der Waals surface area (Å²) in [6.45, 7) is 10.6. The molecule has 2 aliphatic rings. The molecule has 0 saturated carbocycles. The van der Waals surface area contributed by atoms with Gasteiger partial charge in [0.1, 0.15) is 17.3 Å². The molecule has 9 heteroatoms. The predicted octanol–water partition coefficient (Wildman–Crippen LogP) is 2.04. The number of fused-ring (bicyclic) bond motifs is 1. The molecule has 168 valence electrons. The minimum atomic E-state index is -0.240. The van der Waals surface area contributed by atoms with Crippen LogP contribution < -0.4 is 5.32 Å². The summed E-state index contributed by atoms with van der Waals surface area (Å²) in [6.07, 6.45) is 1.36. The molecule has 0 spiro atoms. The zero-order valence-electron chi connectivity index (χ0n) is 18.7. The lowest BCUT2D eigenvalue weighted by atomic mass is 10.0. The molecule has 1 N–H and O–H groups in total. The van der Waals surface area contributed by atoms with Gasteiger partial charge in [-0.05, 0) is 32.3 Å². The Kier molecular flexibility index (Phi) is 6.13. The van der Waals surface area contributed by atoms with Gasteiger partial charge in [0.05, 0.1) is 24.1 Å². The number of nitrogens with one attached hydrogen (secondary N) is 1. The van der Waals surface area contributed by atoms with Crippen LogP contribution in [0.3, 0.4) is 0 Å². The maximum Gasteiger partial charge on any atom is 0.257 e. The molecule has 1 fully saturated rings. The van der Waals surface area contributed by atoms with Gasteiger partial charge in [-0.25, -0.2) is 0 Å². The Morgan fingerprint density at radius 1 is 1.19 bits per heavy atom. The highest BCUT2D eigenvalue weighted by molar-refractivity contribution is 5.95. The van der Waals surface area contributed by atoms with Crippen LogP contribution in [0, 0.1) is 25.7 Å². The molecule has 0 radical (unpaired) electrons. The minimum Gasteiger partial charge on any atom is -0.466 e. The molecule has 2 aliphatic heterocycles. The van der Waals surface area contributed by atoms with Crippen molar-refractivity contribution < 1.29 is 18.7 Å². The summed E-state index contributed by atoms with van der Waals surface area (Å²) in [7, 11) is 0. The largest absolute Gasteiger partial charge is 0.466 e. The van der Waals surface area contributed by atoms with E-state index in [2.05, 4.69) is 33.9 Å². The molecule has 2 unspecified atom stereocenters. The van der Waals surface area contributed by atoms with Crippen molar-refractivity contribution in [2.45, 2.75) is 53.1 Å². The molecule has 2 amide bonds. The Balaban J connectivity index is 1.50. The predicted molar refractivity (Wildman–Crippen MR) is 112 cm³/mol. The van der Waals surface area contributed by atoms with Crippen LogP contribution in [0.1, 0.15) is 59.8 Å². The molecule has 4 heterocycles. The average Bonchev–Trinajstić information content (AvgIpc) is 3.43. The molecule has 9 nitrogen and oxygen atoms in total. The highest BCUT2D eigenvalue weighted by atomic mass is 16.5. The van der Waals surface area contributed by atoms with E-state index >= 15 is 0 Å². The van der Waals surface area contributed by atoms with Crippen LogP contribution in [0.15, 0.2) is 10.5 Å². The van der Waals surface area contributed by atoms with Gasteiger partial charge in [-0.3, -0.25) is 9.59 Å². The van der Waals surface area contributed by atoms with E-state index in [4.69, 9.17) is 9.15 Å². The van der Waals surface area contributed by atoms with Crippen LogP contribution in [-0.4, -0.2) is 57.8 Å². The molecule has 2 atom stereocenters. The first-order chi connectivity index (χ1) is 14.8. The second-order valence-electron chi connectivity index (χ2n) is 8.79. The summed E-state index contributed by atoms with van der Waals surface area (Å²) in [5.74, 6) is 2.99. The number of hydrogen-bond acceptors (Lipinski definition) is 6. The second-order valence-corrected chi connectivity index (χ2v) is 8.79. The summed E-state index contributed by atoms with van der Waals surface area (Å²) in [4.78, 5) is 27.6.